The molecule has 0 spiro atoms. The molecule has 1 N–H and O–H groups in total. The standard InChI is InChI=1S/C15H21NO2/c1-2-14(12-7-4-3-5-8-12)15(18)16-10-6-9-13(16)11-17/h3-5,7-8,13-14,17H,2,6,9-11H2,1H3. The second kappa shape index (κ2) is 6.01. The first-order valence-electron chi connectivity index (χ1n) is 6.74. The molecule has 1 heterocycles. The number of nitrogens with zero attached hydrogens (tertiary/aromatic N) is 1. The van der Waals surface area contributed by atoms with Gasteiger partial charge >= 0.3 is 0 Å². The summed E-state index contributed by atoms with van der Waals surface area (Å²) in [5.41, 5.74) is 1.08. The lowest BCUT2D eigenvalue weighted by molar-refractivity contribution is -0.134. The second-order valence-electron chi connectivity index (χ2n) is 4.88. The van der Waals surface area contributed by atoms with Crippen molar-refractivity contribution in [1.29, 1.82) is 0 Å². The summed E-state index contributed by atoms with van der Waals surface area (Å²) in [6.07, 6.45) is 2.73. The van der Waals surface area contributed by atoms with Gasteiger partial charge in [0.15, 0.2) is 0 Å². The van der Waals surface area contributed by atoms with Gasteiger partial charge in [-0.25, -0.2) is 0 Å². The van der Waals surface area contributed by atoms with Crippen molar-refractivity contribution in [2.45, 2.75) is 38.1 Å². The van der Waals surface area contributed by atoms with E-state index in [2.05, 4.69) is 0 Å². The Morgan fingerprint density at radius 1 is 1.44 bits per heavy atom. The number of aliphatic hydroxyl groups excluding tert-OH is 1. The second-order valence-corrected chi connectivity index (χ2v) is 4.88. The van der Waals surface area contributed by atoms with Crippen molar-refractivity contribution in [3.05, 3.63) is 35.9 Å². The Morgan fingerprint density at radius 2 is 2.17 bits per heavy atom. The minimum absolute atomic E-state index is 0.0234. The van der Waals surface area contributed by atoms with Gasteiger partial charge in [0.2, 0.25) is 5.91 Å². The van der Waals surface area contributed by atoms with Crippen molar-refractivity contribution in [3.63, 3.8) is 0 Å². The summed E-state index contributed by atoms with van der Waals surface area (Å²) in [6, 6.07) is 9.95. The first kappa shape index (κ1) is 13.1. The van der Waals surface area contributed by atoms with E-state index >= 15 is 0 Å². The molecule has 18 heavy (non-hydrogen) atoms. The Bertz CT molecular complexity index is 391. The van der Waals surface area contributed by atoms with Gasteiger partial charge < -0.3 is 10.0 Å². The molecular formula is C15H21NO2. The Hall–Kier alpha value is -1.35. The SMILES string of the molecule is CCC(C(=O)N1CCCC1CO)c1ccccc1. The molecule has 1 aromatic carbocycles. The lowest BCUT2D eigenvalue weighted by Crippen LogP contribution is -2.40. The van der Waals surface area contributed by atoms with Crippen molar-refractivity contribution in [2.24, 2.45) is 0 Å². The monoisotopic (exact) mass is 247 g/mol. The van der Waals surface area contributed by atoms with E-state index in [4.69, 9.17) is 0 Å². The van der Waals surface area contributed by atoms with E-state index in [1.165, 1.54) is 0 Å². The molecule has 0 aliphatic carbocycles. The van der Waals surface area contributed by atoms with E-state index in [1.807, 2.05) is 42.2 Å². The fraction of sp³-hybridized carbons (Fsp3) is 0.533. The molecule has 0 saturated carbocycles. The maximum absolute atomic E-state index is 12.6. The molecule has 1 fully saturated rings. The highest BCUT2D eigenvalue weighted by Gasteiger charge is 2.32. The van der Waals surface area contributed by atoms with Crippen LogP contribution in [0.4, 0.5) is 0 Å². The van der Waals surface area contributed by atoms with Gasteiger partial charge in [0.05, 0.1) is 18.6 Å². The quantitative estimate of drug-likeness (QED) is 0.885. The fourth-order valence-electron chi connectivity index (χ4n) is 2.75. The number of aliphatic hydroxyl groups is 1. The van der Waals surface area contributed by atoms with Crippen LogP contribution in [0.2, 0.25) is 0 Å². The summed E-state index contributed by atoms with van der Waals surface area (Å²) in [5, 5.41) is 9.32. The molecule has 3 nitrogen and oxygen atoms in total. The molecule has 1 aliphatic rings. The number of hydrogen-bond donors (Lipinski definition) is 1. The maximum atomic E-state index is 12.6. The average molecular weight is 247 g/mol. The minimum atomic E-state index is -0.0710. The van der Waals surface area contributed by atoms with E-state index in [-0.39, 0.29) is 24.5 Å². The van der Waals surface area contributed by atoms with Crippen LogP contribution in [-0.4, -0.2) is 35.1 Å². The van der Waals surface area contributed by atoms with E-state index in [0.717, 1.165) is 31.4 Å². The Kier molecular flexibility index (Phi) is 4.37. The van der Waals surface area contributed by atoms with Gasteiger partial charge in [-0.15, -0.1) is 0 Å². The zero-order valence-electron chi connectivity index (χ0n) is 10.9. The summed E-state index contributed by atoms with van der Waals surface area (Å²) < 4.78 is 0. The normalized spacial score (nSPS) is 21.0. The van der Waals surface area contributed by atoms with Crippen LogP contribution in [0.1, 0.15) is 37.7 Å². The van der Waals surface area contributed by atoms with Gasteiger partial charge in [0, 0.05) is 6.54 Å². The molecule has 1 aliphatic heterocycles. The molecular weight excluding hydrogens is 226 g/mol. The number of benzene rings is 1. The third-order valence-corrected chi connectivity index (χ3v) is 3.78. The fourth-order valence-corrected chi connectivity index (χ4v) is 2.75. The summed E-state index contributed by atoms with van der Waals surface area (Å²) >= 11 is 0. The van der Waals surface area contributed by atoms with Gasteiger partial charge in [-0.1, -0.05) is 37.3 Å². The van der Waals surface area contributed by atoms with Crippen molar-refractivity contribution in [3.8, 4) is 0 Å². The summed E-state index contributed by atoms with van der Waals surface area (Å²) in [6.45, 7) is 2.91. The third kappa shape index (κ3) is 2.56. The lowest BCUT2D eigenvalue weighted by atomic mass is 9.95. The molecule has 0 radical (unpaired) electrons. The molecule has 1 aromatic rings. The molecule has 0 bridgehead atoms. The number of carbonyl (C=O) groups excluding carboxylic acids is 1. The molecule has 98 valence electrons. The first-order valence-corrected chi connectivity index (χ1v) is 6.74. The minimum Gasteiger partial charge on any atom is -0.394 e. The van der Waals surface area contributed by atoms with Gasteiger partial charge in [-0.05, 0) is 24.8 Å². The van der Waals surface area contributed by atoms with Crippen LogP contribution in [0.25, 0.3) is 0 Å². The highest BCUT2D eigenvalue weighted by Crippen LogP contribution is 2.26. The zero-order valence-corrected chi connectivity index (χ0v) is 10.9. The predicted octanol–water partition coefficient (Wildman–Crippen LogP) is 2.16. The Balaban J connectivity index is 2.15. The molecule has 1 amide bonds. The number of hydrogen-bond acceptors (Lipinski definition) is 2. The Labute approximate surface area is 108 Å². The van der Waals surface area contributed by atoms with Crippen LogP contribution in [0.15, 0.2) is 30.3 Å². The lowest BCUT2D eigenvalue weighted by Gasteiger charge is -2.27. The van der Waals surface area contributed by atoms with Crippen molar-refractivity contribution >= 4 is 5.91 Å². The van der Waals surface area contributed by atoms with Crippen LogP contribution in [0, 0.1) is 0 Å². The van der Waals surface area contributed by atoms with E-state index < -0.39 is 0 Å². The molecule has 0 aromatic heterocycles. The highest BCUT2D eigenvalue weighted by molar-refractivity contribution is 5.84. The largest absolute Gasteiger partial charge is 0.394 e. The third-order valence-electron chi connectivity index (χ3n) is 3.78. The van der Waals surface area contributed by atoms with Gasteiger partial charge in [0.1, 0.15) is 0 Å². The van der Waals surface area contributed by atoms with E-state index in [0.29, 0.717) is 0 Å². The topological polar surface area (TPSA) is 40.5 Å². The Morgan fingerprint density at radius 3 is 2.78 bits per heavy atom. The number of carbonyl (C=O) groups is 1. The highest BCUT2D eigenvalue weighted by atomic mass is 16.3. The van der Waals surface area contributed by atoms with Gasteiger partial charge in [-0.3, -0.25) is 4.79 Å². The van der Waals surface area contributed by atoms with Crippen LogP contribution < -0.4 is 0 Å². The molecule has 2 unspecified atom stereocenters. The zero-order chi connectivity index (χ0) is 13.0. The molecule has 3 heteroatoms. The number of amides is 1. The predicted molar refractivity (Wildman–Crippen MR) is 71.3 cm³/mol. The molecule has 2 atom stereocenters. The summed E-state index contributed by atoms with van der Waals surface area (Å²) in [7, 11) is 0. The number of rotatable bonds is 4. The number of likely N-dealkylation sites (tertiary alicyclic amines) is 1. The van der Waals surface area contributed by atoms with Gasteiger partial charge in [-0.2, -0.15) is 0 Å². The molecule has 2 rings (SSSR count). The van der Waals surface area contributed by atoms with Gasteiger partial charge in [0.25, 0.3) is 0 Å². The summed E-state index contributed by atoms with van der Waals surface area (Å²) in [5.74, 6) is 0.0959. The average Bonchev–Trinajstić information content (AvgIpc) is 2.89. The first-order chi connectivity index (χ1) is 8.77. The summed E-state index contributed by atoms with van der Waals surface area (Å²) in [4.78, 5) is 14.4. The van der Waals surface area contributed by atoms with Crippen molar-refractivity contribution < 1.29 is 9.90 Å². The molecule has 1 saturated heterocycles. The maximum Gasteiger partial charge on any atom is 0.230 e. The van der Waals surface area contributed by atoms with Crippen LogP contribution >= 0.6 is 0 Å². The van der Waals surface area contributed by atoms with E-state index in [1.54, 1.807) is 0 Å². The van der Waals surface area contributed by atoms with Crippen LogP contribution in [0.5, 0.6) is 0 Å². The van der Waals surface area contributed by atoms with Crippen molar-refractivity contribution in [1.82, 2.24) is 4.90 Å². The van der Waals surface area contributed by atoms with Crippen molar-refractivity contribution in [2.75, 3.05) is 13.2 Å². The smallest absolute Gasteiger partial charge is 0.230 e. The van der Waals surface area contributed by atoms with E-state index in [9.17, 15) is 9.90 Å². The van der Waals surface area contributed by atoms with Crippen LogP contribution in [-0.2, 0) is 4.79 Å². The van der Waals surface area contributed by atoms with Crippen LogP contribution in [0.3, 0.4) is 0 Å².